The van der Waals surface area contributed by atoms with E-state index in [0.717, 1.165) is 17.0 Å². The van der Waals surface area contributed by atoms with E-state index in [0.29, 0.717) is 16.8 Å². The van der Waals surface area contributed by atoms with Gasteiger partial charge in [-0.15, -0.1) is 0 Å². The van der Waals surface area contributed by atoms with E-state index in [2.05, 4.69) is 0 Å². The van der Waals surface area contributed by atoms with Crippen LogP contribution in [0.2, 0.25) is 0 Å². The number of carbonyl (C=O) groups excluding carboxylic acids is 4. The van der Waals surface area contributed by atoms with Crippen molar-refractivity contribution in [2.75, 3.05) is 4.90 Å². The van der Waals surface area contributed by atoms with Crippen LogP contribution < -0.4 is 4.90 Å². The number of benzene rings is 3. The fraction of sp³-hybridized carbons (Fsp3) is 0.0833. The molecule has 0 aromatic heterocycles. The van der Waals surface area contributed by atoms with Crippen LogP contribution in [0, 0.1) is 5.82 Å². The number of amides is 2. The molecule has 1 heterocycles. The van der Waals surface area contributed by atoms with Gasteiger partial charge in [0.15, 0.2) is 6.10 Å². The van der Waals surface area contributed by atoms with Gasteiger partial charge in [-0.1, -0.05) is 12.1 Å². The van der Waals surface area contributed by atoms with Gasteiger partial charge in [-0.05, 0) is 67.6 Å². The maximum Gasteiger partial charge on any atom is 0.338 e. The van der Waals surface area contributed by atoms with Crippen molar-refractivity contribution in [2.45, 2.75) is 13.0 Å². The summed E-state index contributed by atoms with van der Waals surface area (Å²) in [7, 11) is 0. The number of imide groups is 1. The number of esters is 1. The van der Waals surface area contributed by atoms with Crippen molar-refractivity contribution in [3.63, 3.8) is 0 Å². The van der Waals surface area contributed by atoms with E-state index in [-0.39, 0.29) is 11.1 Å². The Kier molecular flexibility index (Phi) is 5.17. The second-order valence-electron chi connectivity index (χ2n) is 6.96. The topological polar surface area (TPSA) is 80.8 Å². The summed E-state index contributed by atoms with van der Waals surface area (Å²) < 4.78 is 18.2. The molecule has 1 atom stereocenters. The molecule has 0 aliphatic carbocycles. The number of nitrogens with zero attached hydrogens (tertiary/aromatic N) is 1. The minimum atomic E-state index is -1.08. The summed E-state index contributed by atoms with van der Waals surface area (Å²) in [5, 5.41) is 0. The number of carbonyl (C=O) groups is 4. The molecule has 3 aromatic carbocycles. The van der Waals surface area contributed by atoms with Crippen molar-refractivity contribution < 1.29 is 28.3 Å². The lowest BCUT2D eigenvalue weighted by atomic mass is 10.1. The third-order valence-electron chi connectivity index (χ3n) is 4.94. The van der Waals surface area contributed by atoms with Gasteiger partial charge in [0.25, 0.3) is 11.8 Å². The van der Waals surface area contributed by atoms with Crippen LogP contribution in [0.25, 0.3) is 0 Å². The largest absolute Gasteiger partial charge is 0.451 e. The van der Waals surface area contributed by atoms with Gasteiger partial charge in [0.2, 0.25) is 5.78 Å². The molecule has 4 rings (SSSR count). The highest BCUT2D eigenvalue weighted by Gasteiger charge is 2.36. The Morgan fingerprint density at radius 2 is 1.32 bits per heavy atom. The number of hydrogen-bond donors (Lipinski definition) is 0. The zero-order valence-electron chi connectivity index (χ0n) is 16.4. The van der Waals surface area contributed by atoms with E-state index in [4.69, 9.17) is 4.74 Å². The van der Waals surface area contributed by atoms with Crippen LogP contribution in [-0.4, -0.2) is 29.7 Å². The molecule has 0 bridgehead atoms. The lowest BCUT2D eigenvalue weighted by Crippen LogP contribution is -2.29. The molecule has 7 heteroatoms. The van der Waals surface area contributed by atoms with Gasteiger partial charge in [-0.2, -0.15) is 0 Å². The average molecular weight is 417 g/mol. The van der Waals surface area contributed by atoms with Crippen molar-refractivity contribution in [3.05, 3.63) is 101 Å². The molecular formula is C24H16FNO5. The predicted octanol–water partition coefficient (Wildman–Crippen LogP) is 4.05. The number of fused-ring (bicyclic) bond motifs is 1. The maximum atomic E-state index is 13.0. The van der Waals surface area contributed by atoms with E-state index in [1.807, 2.05) is 0 Å². The third kappa shape index (κ3) is 3.73. The van der Waals surface area contributed by atoms with Gasteiger partial charge >= 0.3 is 5.97 Å². The first-order valence-corrected chi connectivity index (χ1v) is 9.45. The van der Waals surface area contributed by atoms with Gasteiger partial charge in [0.1, 0.15) is 5.82 Å². The average Bonchev–Trinajstić information content (AvgIpc) is 3.04. The number of halogens is 1. The minimum Gasteiger partial charge on any atom is -0.451 e. The summed E-state index contributed by atoms with van der Waals surface area (Å²) in [6, 6.07) is 17.2. The molecule has 0 saturated heterocycles. The minimum absolute atomic E-state index is 0.152. The van der Waals surface area contributed by atoms with Crippen LogP contribution in [0.15, 0.2) is 72.8 Å². The summed E-state index contributed by atoms with van der Waals surface area (Å²) in [5.74, 6) is -2.55. The predicted molar refractivity (Wildman–Crippen MR) is 110 cm³/mol. The van der Waals surface area contributed by atoms with E-state index in [9.17, 15) is 23.6 Å². The van der Waals surface area contributed by atoms with Crippen LogP contribution in [0.1, 0.15) is 48.4 Å². The van der Waals surface area contributed by atoms with Crippen LogP contribution >= 0.6 is 0 Å². The third-order valence-corrected chi connectivity index (χ3v) is 4.94. The van der Waals surface area contributed by atoms with Crippen LogP contribution in [0.5, 0.6) is 0 Å². The molecule has 0 spiro atoms. The van der Waals surface area contributed by atoms with Gasteiger partial charge < -0.3 is 4.74 Å². The molecule has 6 nitrogen and oxygen atoms in total. The SMILES string of the molecule is CC(OC(=O)c1ccc(N2C(=O)c3ccccc3C2=O)cc1)C(=O)c1ccc(F)cc1. The lowest BCUT2D eigenvalue weighted by Gasteiger charge is -2.15. The Labute approximate surface area is 176 Å². The quantitative estimate of drug-likeness (QED) is 0.355. The van der Waals surface area contributed by atoms with Gasteiger partial charge in [-0.3, -0.25) is 14.4 Å². The monoisotopic (exact) mass is 417 g/mol. The maximum absolute atomic E-state index is 13.0. The molecular weight excluding hydrogens is 401 g/mol. The summed E-state index contributed by atoms with van der Waals surface area (Å²) >= 11 is 0. The van der Waals surface area contributed by atoms with Gasteiger partial charge in [0, 0.05) is 5.56 Å². The van der Waals surface area contributed by atoms with Gasteiger partial charge in [0.05, 0.1) is 22.4 Å². The molecule has 31 heavy (non-hydrogen) atoms. The molecule has 2 amide bonds. The fourth-order valence-electron chi connectivity index (χ4n) is 3.30. The Bertz CT molecular complexity index is 1170. The molecule has 1 unspecified atom stereocenters. The molecule has 0 saturated carbocycles. The highest BCUT2D eigenvalue weighted by molar-refractivity contribution is 6.34. The molecule has 154 valence electrons. The van der Waals surface area contributed by atoms with E-state index < -0.39 is 35.5 Å². The number of Topliss-reactive ketones (excluding diaryl/α,β-unsaturated/α-hetero) is 1. The number of ether oxygens (including phenoxy) is 1. The highest BCUT2D eigenvalue weighted by Crippen LogP contribution is 2.28. The second-order valence-corrected chi connectivity index (χ2v) is 6.96. The first-order valence-electron chi connectivity index (χ1n) is 9.45. The van der Waals surface area contributed by atoms with Crippen LogP contribution in [-0.2, 0) is 4.74 Å². The summed E-state index contributed by atoms with van der Waals surface area (Å²) in [4.78, 5) is 50.9. The Hall–Kier alpha value is -4.13. The smallest absolute Gasteiger partial charge is 0.338 e. The molecule has 1 aliphatic rings. The van der Waals surface area contributed by atoms with Crippen molar-refractivity contribution in [2.24, 2.45) is 0 Å². The molecule has 0 fully saturated rings. The van der Waals surface area contributed by atoms with Crippen molar-refractivity contribution >= 4 is 29.3 Å². The first kappa shape index (κ1) is 20.2. The second kappa shape index (κ2) is 7.95. The summed E-state index contributed by atoms with van der Waals surface area (Å²) in [6.45, 7) is 1.43. The van der Waals surface area contributed by atoms with Gasteiger partial charge in [-0.25, -0.2) is 14.1 Å². The lowest BCUT2D eigenvalue weighted by molar-refractivity contribution is 0.0319. The molecule has 0 N–H and O–H groups in total. The summed E-state index contributed by atoms with van der Waals surface area (Å²) in [5.41, 5.74) is 1.34. The Balaban J connectivity index is 1.46. The van der Waals surface area contributed by atoms with Crippen molar-refractivity contribution in [3.8, 4) is 0 Å². The molecule has 3 aromatic rings. The number of anilines is 1. The number of hydrogen-bond acceptors (Lipinski definition) is 5. The zero-order valence-corrected chi connectivity index (χ0v) is 16.4. The summed E-state index contributed by atoms with van der Waals surface area (Å²) in [6.07, 6.45) is -1.08. The van der Waals surface area contributed by atoms with Crippen molar-refractivity contribution in [1.82, 2.24) is 0 Å². The Morgan fingerprint density at radius 1 is 0.806 bits per heavy atom. The zero-order chi connectivity index (χ0) is 22.1. The van der Waals surface area contributed by atoms with E-state index in [1.54, 1.807) is 24.3 Å². The Morgan fingerprint density at radius 3 is 1.87 bits per heavy atom. The van der Waals surface area contributed by atoms with Crippen LogP contribution in [0.4, 0.5) is 10.1 Å². The van der Waals surface area contributed by atoms with Crippen LogP contribution in [0.3, 0.4) is 0 Å². The van der Waals surface area contributed by atoms with Crippen molar-refractivity contribution in [1.29, 1.82) is 0 Å². The number of rotatable bonds is 5. The molecule has 1 aliphatic heterocycles. The van der Waals surface area contributed by atoms with E-state index in [1.165, 1.54) is 43.3 Å². The standard InChI is InChI=1S/C24H16FNO5/c1-14(21(27)15-6-10-17(25)11-7-15)31-24(30)16-8-12-18(13-9-16)26-22(28)19-4-2-3-5-20(19)23(26)29/h2-14H,1H3. The fourth-order valence-corrected chi connectivity index (χ4v) is 3.30. The first-order chi connectivity index (χ1) is 14.9. The molecule has 0 radical (unpaired) electrons. The number of ketones is 1. The van der Waals surface area contributed by atoms with E-state index >= 15 is 0 Å². The highest BCUT2D eigenvalue weighted by atomic mass is 19.1. The normalized spacial score (nSPS) is 13.7.